The number of hydrogen-bond acceptors (Lipinski definition) is 5. The summed E-state index contributed by atoms with van der Waals surface area (Å²) in [6.45, 7) is 3.96. The van der Waals surface area contributed by atoms with Gasteiger partial charge in [-0.1, -0.05) is 0 Å². The maximum absolute atomic E-state index is 12.6. The van der Waals surface area contributed by atoms with Crippen LogP contribution in [0.1, 0.15) is 12.7 Å². The first-order valence-electron chi connectivity index (χ1n) is 7.41. The number of aromatic nitrogens is 2. The lowest BCUT2D eigenvalue weighted by Crippen LogP contribution is -2.52. The number of anilines is 1. The molecule has 0 unspecified atom stereocenters. The Bertz CT molecular complexity index is 865. The fraction of sp³-hybridized carbons (Fsp3) is 0.267. The Balaban J connectivity index is 1.88. The van der Waals surface area contributed by atoms with Crippen molar-refractivity contribution in [2.45, 2.75) is 13.8 Å². The van der Waals surface area contributed by atoms with E-state index < -0.39 is 0 Å². The monoisotopic (exact) mass is 328 g/mol. The van der Waals surface area contributed by atoms with Gasteiger partial charge in [-0.25, -0.2) is 10.8 Å². The zero-order valence-electron chi connectivity index (χ0n) is 13.8. The zero-order valence-corrected chi connectivity index (χ0v) is 13.8. The van der Waals surface area contributed by atoms with Crippen LogP contribution < -0.4 is 17.0 Å². The van der Waals surface area contributed by atoms with Crippen LogP contribution in [0.2, 0.25) is 0 Å². The number of pyridine rings is 1. The quantitative estimate of drug-likeness (QED) is 0.536. The normalized spacial score (nSPS) is 17.1. The number of allylic oxidation sites excluding steroid dienone is 1. The van der Waals surface area contributed by atoms with Crippen LogP contribution in [-0.4, -0.2) is 44.8 Å². The number of imidazole rings is 1. The predicted molar refractivity (Wildman–Crippen MR) is 91.5 cm³/mol. The minimum Gasteiger partial charge on any atom is -0.321 e. The lowest BCUT2D eigenvalue weighted by Gasteiger charge is -2.35. The third-order valence-electron chi connectivity index (χ3n) is 4.18. The van der Waals surface area contributed by atoms with Crippen LogP contribution in [0.5, 0.6) is 0 Å². The first-order valence-corrected chi connectivity index (χ1v) is 7.41. The van der Waals surface area contributed by atoms with Crippen molar-refractivity contribution < 1.29 is 4.79 Å². The molecule has 0 saturated carbocycles. The van der Waals surface area contributed by atoms with E-state index in [1.165, 1.54) is 5.01 Å². The van der Waals surface area contributed by atoms with Crippen molar-refractivity contribution in [2.24, 2.45) is 16.8 Å². The first-order chi connectivity index (χ1) is 11.4. The van der Waals surface area contributed by atoms with Crippen LogP contribution >= 0.6 is 0 Å². The second-order valence-corrected chi connectivity index (χ2v) is 5.65. The van der Waals surface area contributed by atoms with E-state index >= 15 is 0 Å². The molecule has 0 radical (unpaired) electrons. The van der Waals surface area contributed by atoms with Crippen molar-refractivity contribution in [3.63, 3.8) is 0 Å². The standard InChI is InChI=1S/C15H20N8O/c1-9-13(8-23(17)15(20-16)21(9)3)14(24)19-11-4-5-12-6-18-10(2)22(12)7-11/h4-7H,8,16-17H2,1-3H3,(H,19,24)/b20-15-. The third-order valence-corrected chi connectivity index (χ3v) is 4.18. The number of guanidine groups is 1. The number of aryl methyl sites for hydroxylation is 1. The largest absolute Gasteiger partial charge is 0.321 e. The van der Waals surface area contributed by atoms with Crippen LogP contribution in [0.15, 0.2) is 40.9 Å². The predicted octanol–water partition coefficient (Wildman–Crippen LogP) is 0.206. The molecule has 2 aromatic rings. The van der Waals surface area contributed by atoms with E-state index in [4.69, 9.17) is 11.7 Å². The smallest absolute Gasteiger partial charge is 0.255 e. The van der Waals surface area contributed by atoms with Gasteiger partial charge in [0.1, 0.15) is 5.82 Å². The Labute approximate surface area is 139 Å². The number of nitrogens with one attached hydrogen (secondary N) is 1. The van der Waals surface area contributed by atoms with Crippen LogP contribution in [-0.2, 0) is 4.79 Å². The Morgan fingerprint density at radius 1 is 1.38 bits per heavy atom. The number of amides is 1. The summed E-state index contributed by atoms with van der Waals surface area (Å²) in [6, 6.07) is 3.74. The molecule has 3 rings (SSSR count). The summed E-state index contributed by atoms with van der Waals surface area (Å²) in [5.74, 6) is 12.3. The van der Waals surface area contributed by atoms with Gasteiger partial charge in [-0.2, -0.15) is 0 Å². The molecule has 1 amide bonds. The molecule has 0 bridgehead atoms. The van der Waals surface area contributed by atoms with E-state index in [2.05, 4.69) is 15.4 Å². The highest BCUT2D eigenvalue weighted by atomic mass is 16.1. The molecule has 0 atom stereocenters. The molecule has 5 N–H and O–H groups in total. The molecule has 0 saturated heterocycles. The number of fused-ring (bicyclic) bond motifs is 1. The second-order valence-electron chi connectivity index (χ2n) is 5.65. The summed E-state index contributed by atoms with van der Waals surface area (Å²) in [5, 5.41) is 7.88. The number of hydrazine groups is 1. The highest BCUT2D eigenvalue weighted by Crippen LogP contribution is 2.19. The lowest BCUT2D eigenvalue weighted by molar-refractivity contribution is -0.113. The van der Waals surface area contributed by atoms with E-state index in [1.54, 1.807) is 18.1 Å². The molecular weight excluding hydrogens is 308 g/mol. The van der Waals surface area contributed by atoms with Crippen molar-refractivity contribution in [3.8, 4) is 0 Å². The van der Waals surface area contributed by atoms with Gasteiger partial charge in [-0.05, 0) is 26.0 Å². The summed E-state index contributed by atoms with van der Waals surface area (Å²) < 4.78 is 1.91. The van der Waals surface area contributed by atoms with Crippen LogP contribution in [0.25, 0.3) is 5.52 Å². The molecule has 0 aromatic carbocycles. The van der Waals surface area contributed by atoms with Crippen molar-refractivity contribution in [2.75, 3.05) is 18.9 Å². The number of carbonyl (C=O) groups is 1. The van der Waals surface area contributed by atoms with E-state index in [0.29, 0.717) is 17.2 Å². The van der Waals surface area contributed by atoms with Gasteiger partial charge in [0.05, 0.1) is 29.5 Å². The van der Waals surface area contributed by atoms with Gasteiger partial charge in [-0.3, -0.25) is 9.80 Å². The topological polar surface area (TPSA) is 117 Å². The van der Waals surface area contributed by atoms with E-state index in [-0.39, 0.29) is 12.5 Å². The number of hydrogen-bond donors (Lipinski definition) is 3. The molecular formula is C15H20N8O. The molecule has 9 heteroatoms. The van der Waals surface area contributed by atoms with Crippen molar-refractivity contribution in [1.82, 2.24) is 19.3 Å². The average Bonchev–Trinajstić information content (AvgIpc) is 2.92. The molecule has 3 heterocycles. The molecule has 0 spiro atoms. The minimum atomic E-state index is -0.219. The number of hydrazone groups is 1. The average molecular weight is 328 g/mol. The number of carbonyl (C=O) groups excluding carboxylic acids is 1. The lowest BCUT2D eigenvalue weighted by atomic mass is 10.1. The summed E-state index contributed by atoms with van der Waals surface area (Å²) in [7, 11) is 1.76. The molecule has 126 valence electrons. The van der Waals surface area contributed by atoms with Gasteiger partial charge < -0.3 is 20.5 Å². The molecule has 1 aliphatic heterocycles. The van der Waals surface area contributed by atoms with Crippen molar-refractivity contribution >= 4 is 23.1 Å². The Kier molecular flexibility index (Phi) is 3.86. The van der Waals surface area contributed by atoms with Crippen molar-refractivity contribution in [1.29, 1.82) is 0 Å². The van der Waals surface area contributed by atoms with Crippen LogP contribution in [0.3, 0.4) is 0 Å². The summed E-state index contributed by atoms with van der Waals surface area (Å²) in [4.78, 5) is 18.6. The van der Waals surface area contributed by atoms with Crippen molar-refractivity contribution in [3.05, 3.63) is 41.6 Å². The van der Waals surface area contributed by atoms with Gasteiger partial charge >= 0.3 is 0 Å². The highest BCUT2D eigenvalue weighted by Gasteiger charge is 2.28. The molecule has 0 aliphatic carbocycles. The van der Waals surface area contributed by atoms with Gasteiger partial charge in [0, 0.05) is 18.9 Å². The Morgan fingerprint density at radius 3 is 2.83 bits per heavy atom. The molecule has 2 aromatic heterocycles. The van der Waals surface area contributed by atoms with E-state index in [1.807, 2.05) is 36.6 Å². The van der Waals surface area contributed by atoms with E-state index in [0.717, 1.165) is 17.0 Å². The molecule has 9 nitrogen and oxygen atoms in total. The highest BCUT2D eigenvalue weighted by molar-refractivity contribution is 6.06. The maximum Gasteiger partial charge on any atom is 0.255 e. The Morgan fingerprint density at radius 2 is 2.12 bits per heavy atom. The number of nitrogens with two attached hydrogens (primary N) is 2. The van der Waals surface area contributed by atoms with Gasteiger partial charge in [0.25, 0.3) is 5.91 Å². The Hall–Kier alpha value is -3.07. The SMILES string of the molecule is CC1=C(C(=O)Nc2ccc3cnc(C)n3c2)CN(N)/C(=N\N)N1C. The number of nitrogens with zero attached hydrogens (tertiary/aromatic N) is 5. The second kappa shape index (κ2) is 5.85. The van der Waals surface area contributed by atoms with Gasteiger partial charge in [-0.15, -0.1) is 5.10 Å². The first kappa shape index (κ1) is 15.8. The van der Waals surface area contributed by atoms with Gasteiger partial charge in [0.15, 0.2) is 0 Å². The maximum atomic E-state index is 12.6. The fourth-order valence-corrected chi connectivity index (χ4v) is 2.70. The summed E-state index contributed by atoms with van der Waals surface area (Å²) >= 11 is 0. The molecule has 1 aliphatic rings. The van der Waals surface area contributed by atoms with E-state index in [9.17, 15) is 4.79 Å². The van der Waals surface area contributed by atoms with Crippen LogP contribution in [0.4, 0.5) is 5.69 Å². The molecule has 0 fully saturated rings. The van der Waals surface area contributed by atoms with Gasteiger partial charge in [0.2, 0.25) is 5.96 Å². The van der Waals surface area contributed by atoms with Crippen LogP contribution in [0, 0.1) is 6.92 Å². The zero-order chi connectivity index (χ0) is 17.4. The number of rotatable bonds is 2. The third kappa shape index (κ3) is 2.54. The summed E-state index contributed by atoms with van der Waals surface area (Å²) in [5.41, 5.74) is 2.95. The summed E-state index contributed by atoms with van der Waals surface area (Å²) in [6.07, 6.45) is 3.62. The molecule has 24 heavy (non-hydrogen) atoms. The minimum absolute atomic E-state index is 0.219. The fourth-order valence-electron chi connectivity index (χ4n) is 2.70.